The van der Waals surface area contributed by atoms with E-state index in [-0.39, 0.29) is 12.0 Å². The summed E-state index contributed by atoms with van der Waals surface area (Å²) in [5.41, 5.74) is 8.22. The van der Waals surface area contributed by atoms with Gasteiger partial charge in [0.05, 0.1) is 0 Å². The van der Waals surface area contributed by atoms with E-state index in [2.05, 4.69) is 0 Å². The maximum Gasteiger partial charge on any atom is 0.239 e. The van der Waals surface area contributed by atoms with Crippen LogP contribution in [0.3, 0.4) is 0 Å². The molecule has 1 aromatic carbocycles. The van der Waals surface area contributed by atoms with Gasteiger partial charge in [0.2, 0.25) is 6.43 Å². The van der Waals surface area contributed by atoms with Gasteiger partial charge in [-0.3, -0.25) is 0 Å². The van der Waals surface area contributed by atoms with E-state index in [1.165, 1.54) is 5.56 Å². The Morgan fingerprint density at radius 1 is 1.12 bits per heavy atom. The molecule has 0 saturated heterocycles. The summed E-state index contributed by atoms with van der Waals surface area (Å²) >= 11 is 0. The second kappa shape index (κ2) is 4.50. The average molecular weight is 225 g/mol. The molecule has 1 saturated carbocycles. The predicted octanol–water partition coefficient (Wildman–Crippen LogP) is 2.92. The van der Waals surface area contributed by atoms with Gasteiger partial charge in [-0.1, -0.05) is 24.3 Å². The molecule has 0 aliphatic heterocycles. The lowest BCUT2D eigenvalue weighted by molar-refractivity contribution is 0.138. The Morgan fingerprint density at radius 3 is 2.19 bits per heavy atom. The molecule has 1 fully saturated rings. The summed E-state index contributed by atoms with van der Waals surface area (Å²) in [5.74, 6) is 0. The lowest BCUT2D eigenvalue weighted by atomic mass is 10.0. The highest BCUT2D eigenvalue weighted by Gasteiger charge is 2.37. The van der Waals surface area contributed by atoms with E-state index in [9.17, 15) is 8.78 Å². The summed E-state index contributed by atoms with van der Waals surface area (Å²) < 4.78 is 24.0. The molecule has 0 bridgehead atoms. The number of nitrogens with two attached hydrogens (primary N) is 1. The van der Waals surface area contributed by atoms with Crippen molar-refractivity contribution in [3.63, 3.8) is 0 Å². The fourth-order valence-electron chi connectivity index (χ4n) is 1.84. The minimum atomic E-state index is -2.21. The quantitative estimate of drug-likeness (QED) is 0.819. The Balaban J connectivity index is 1.88. The standard InChI is InChI=1S/C13H17F2N/c14-12(15)6-5-10-1-3-11(4-2-10)9-13(16)7-8-13/h1-4,12H,5-9,16H2. The van der Waals surface area contributed by atoms with Crippen LogP contribution in [0.1, 0.15) is 30.4 Å². The van der Waals surface area contributed by atoms with Gasteiger partial charge in [0.1, 0.15) is 0 Å². The zero-order valence-electron chi connectivity index (χ0n) is 9.26. The lowest BCUT2D eigenvalue weighted by Crippen LogP contribution is -2.24. The summed E-state index contributed by atoms with van der Waals surface area (Å²) in [4.78, 5) is 0. The molecule has 1 aromatic rings. The lowest BCUT2D eigenvalue weighted by Gasteiger charge is -2.09. The zero-order chi connectivity index (χ0) is 11.6. The summed E-state index contributed by atoms with van der Waals surface area (Å²) in [6.45, 7) is 0. The van der Waals surface area contributed by atoms with E-state index < -0.39 is 6.43 Å². The minimum Gasteiger partial charge on any atom is -0.325 e. The van der Waals surface area contributed by atoms with Crippen molar-refractivity contribution in [3.05, 3.63) is 35.4 Å². The van der Waals surface area contributed by atoms with Crippen molar-refractivity contribution >= 4 is 0 Å². The van der Waals surface area contributed by atoms with Crippen LogP contribution in [0.25, 0.3) is 0 Å². The van der Waals surface area contributed by atoms with Crippen molar-refractivity contribution in [2.45, 2.75) is 44.1 Å². The largest absolute Gasteiger partial charge is 0.325 e. The summed E-state index contributed by atoms with van der Waals surface area (Å²) in [6.07, 6.45) is 1.28. The molecule has 1 nitrogen and oxygen atoms in total. The first-order valence-corrected chi connectivity index (χ1v) is 5.72. The van der Waals surface area contributed by atoms with Crippen molar-refractivity contribution < 1.29 is 8.78 Å². The molecular formula is C13H17F2N. The Hall–Kier alpha value is -0.960. The third-order valence-electron chi connectivity index (χ3n) is 3.12. The van der Waals surface area contributed by atoms with Gasteiger partial charge in [0.15, 0.2) is 0 Å². The molecule has 0 amide bonds. The first-order chi connectivity index (χ1) is 7.57. The molecule has 88 valence electrons. The van der Waals surface area contributed by atoms with Gasteiger partial charge in [-0.05, 0) is 36.8 Å². The van der Waals surface area contributed by atoms with E-state index >= 15 is 0 Å². The van der Waals surface area contributed by atoms with Crippen LogP contribution in [-0.4, -0.2) is 12.0 Å². The molecule has 0 aromatic heterocycles. The minimum absolute atomic E-state index is 0.0183. The van der Waals surface area contributed by atoms with Gasteiger partial charge in [-0.15, -0.1) is 0 Å². The molecule has 1 aliphatic carbocycles. The number of halogens is 2. The molecule has 2 N–H and O–H groups in total. The number of hydrogen-bond acceptors (Lipinski definition) is 1. The van der Waals surface area contributed by atoms with Crippen molar-refractivity contribution in [3.8, 4) is 0 Å². The van der Waals surface area contributed by atoms with Crippen molar-refractivity contribution in [1.29, 1.82) is 0 Å². The van der Waals surface area contributed by atoms with Gasteiger partial charge in [0, 0.05) is 12.0 Å². The Labute approximate surface area is 94.7 Å². The van der Waals surface area contributed by atoms with Crippen LogP contribution in [0.5, 0.6) is 0 Å². The predicted molar refractivity (Wildman–Crippen MR) is 60.6 cm³/mol. The number of rotatable bonds is 5. The maximum absolute atomic E-state index is 12.0. The van der Waals surface area contributed by atoms with Gasteiger partial charge in [0.25, 0.3) is 0 Å². The van der Waals surface area contributed by atoms with Crippen LogP contribution < -0.4 is 5.73 Å². The molecule has 2 rings (SSSR count). The highest BCUT2D eigenvalue weighted by Crippen LogP contribution is 2.35. The number of alkyl halides is 2. The van der Waals surface area contributed by atoms with E-state index in [4.69, 9.17) is 5.73 Å². The Kier molecular flexibility index (Phi) is 3.24. The smallest absolute Gasteiger partial charge is 0.239 e. The molecule has 0 heterocycles. The van der Waals surface area contributed by atoms with Crippen LogP contribution >= 0.6 is 0 Å². The normalized spacial score (nSPS) is 17.8. The van der Waals surface area contributed by atoms with Crippen LogP contribution in [-0.2, 0) is 12.8 Å². The maximum atomic E-state index is 12.0. The van der Waals surface area contributed by atoms with E-state index in [1.807, 2.05) is 24.3 Å². The topological polar surface area (TPSA) is 26.0 Å². The van der Waals surface area contributed by atoms with Gasteiger partial charge < -0.3 is 5.73 Å². The van der Waals surface area contributed by atoms with Crippen LogP contribution in [0.15, 0.2) is 24.3 Å². The number of aryl methyl sites for hydroxylation is 1. The van der Waals surface area contributed by atoms with Crippen LogP contribution in [0, 0.1) is 0 Å². The second-order valence-electron chi connectivity index (χ2n) is 4.79. The van der Waals surface area contributed by atoms with E-state index in [0.29, 0.717) is 6.42 Å². The summed E-state index contributed by atoms with van der Waals surface area (Å²) in [6, 6.07) is 7.88. The Morgan fingerprint density at radius 2 is 1.69 bits per heavy atom. The number of benzene rings is 1. The van der Waals surface area contributed by atoms with Crippen molar-refractivity contribution in [2.24, 2.45) is 5.73 Å². The average Bonchev–Trinajstić information content (AvgIpc) is 2.95. The fraction of sp³-hybridized carbons (Fsp3) is 0.538. The van der Waals surface area contributed by atoms with Crippen LogP contribution in [0.4, 0.5) is 8.78 Å². The molecule has 16 heavy (non-hydrogen) atoms. The SMILES string of the molecule is NC1(Cc2ccc(CCC(F)F)cc2)CC1. The van der Waals surface area contributed by atoms with Gasteiger partial charge >= 0.3 is 0 Å². The van der Waals surface area contributed by atoms with Crippen LogP contribution in [0.2, 0.25) is 0 Å². The first-order valence-electron chi connectivity index (χ1n) is 5.72. The van der Waals surface area contributed by atoms with Crippen molar-refractivity contribution in [1.82, 2.24) is 0 Å². The fourth-order valence-corrected chi connectivity index (χ4v) is 1.84. The monoisotopic (exact) mass is 225 g/mol. The van der Waals surface area contributed by atoms with Crippen molar-refractivity contribution in [2.75, 3.05) is 0 Å². The van der Waals surface area contributed by atoms with E-state index in [1.54, 1.807) is 0 Å². The molecule has 0 spiro atoms. The van der Waals surface area contributed by atoms with Gasteiger partial charge in [-0.2, -0.15) is 0 Å². The first kappa shape index (κ1) is 11.5. The third-order valence-corrected chi connectivity index (χ3v) is 3.12. The highest BCUT2D eigenvalue weighted by molar-refractivity contribution is 5.25. The van der Waals surface area contributed by atoms with E-state index in [0.717, 1.165) is 24.8 Å². The molecule has 0 atom stereocenters. The molecule has 1 aliphatic rings. The third kappa shape index (κ3) is 3.27. The zero-order valence-corrected chi connectivity index (χ0v) is 9.26. The summed E-state index contributed by atoms with van der Waals surface area (Å²) in [7, 11) is 0. The molecule has 0 radical (unpaired) electrons. The number of hydrogen-bond donors (Lipinski definition) is 1. The highest BCUT2D eigenvalue weighted by atomic mass is 19.3. The van der Waals surface area contributed by atoms with Gasteiger partial charge in [-0.25, -0.2) is 8.78 Å². The molecule has 0 unspecified atom stereocenters. The Bertz CT molecular complexity index is 341. The summed E-state index contributed by atoms with van der Waals surface area (Å²) in [5, 5.41) is 0. The molecule has 3 heteroatoms. The molecular weight excluding hydrogens is 208 g/mol. The second-order valence-corrected chi connectivity index (χ2v) is 4.79.